The Kier molecular flexibility index (Phi) is 5.93. The summed E-state index contributed by atoms with van der Waals surface area (Å²) in [5, 5.41) is 3.12. The molecule has 7 heteroatoms. The minimum absolute atomic E-state index is 0.183. The van der Waals surface area contributed by atoms with Gasteiger partial charge >= 0.3 is 6.09 Å². The minimum atomic E-state index is -2.42. The number of likely N-dealkylation sites (tertiary alicyclic amines) is 1. The molecule has 0 saturated carbocycles. The smallest absolute Gasteiger partial charge is 0.410 e. The number of rotatable bonds is 6. The molecule has 1 rings (SSSR count). The van der Waals surface area contributed by atoms with Gasteiger partial charge in [-0.3, -0.25) is 0 Å². The molecule has 0 spiro atoms. The molecule has 1 saturated heterocycles. The van der Waals surface area contributed by atoms with Crippen molar-refractivity contribution < 1.29 is 23.0 Å². The zero-order chi connectivity index (χ0) is 14.5. The maximum Gasteiger partial charge on any atom is 0.410 e. The third-order valence-corrected chi connectivity index (χ3v) is 2.46. The maximum atomic E-state index is 11.8. The van der Waals surface area contributed by atoms with Gasteiger partial charge in [-0.2, -0.15) is 0 Å². The summed E-state index contributed by atoms with van der Waals surface area (Å²) in [6.45, 7) is 6.82. The van der Waals surface area contributed by atoms with E-state index >= 15 is 0 Å². The zero-order valence-electron chi connectivity index (χ0n) is 11.6. The van der Waals surface area contributed by atoms with E-state index in [1.807, 2.05) is 20.8 Å². The van der Waals surface area contributed by atoms with Crippen LogP contribution >= 0.6 is 0 Å². The number of nitrogens with one attached hydrogen (secondary N) is 1. The highest BCUT2D eigenvalue weighted by molar-refractivity contribution is 5.69. The van der Waals surface area contributed by atoms with Gasteiger partial charge in [-0.05, 0) is 20.8 Å². The topological polar surface area (TPSA) is 50.8 Å². The summed E-state index contributed by atoms with van der Waals surface area (Å²) in [5.41, 5.74) is -0.487. The van der Waals surface area contributed by atoms with E-state index in [1.54, 1.807) is 4.90 Å². The molecule has 0 bridgehead atoms. The lowest BCUT2D eigenvalue weighted by Gasteiger charge is -2.40. The standard InChI is InChI=1S/C12H22F2N2O3/c1-12(2,3)19-11(17)16-6-9(7-16)15-4-5-18-8-10(13)14/h9-10,15H,4-8H2,1-3H3. The van der Waals surface area contributed by atoms with Crippen LogP contribution in [0.2, 0.25) is 0 Å². The third-order valence-electron chi connectivity index (χ3n) is 2.46. The quantitative estimate of drug-likeness (QED) is 0.749. The van der Waals surface area contributed by atoms with Crippen LogP contribution in [-0.4, -0.2) is 61.9 Å². The highest BCUT2D eigenvalue weighted by atomic mass is 19.3. The predicted molar refractivity (Wildman–Crippen MR) is 66.4 cm³/mol. The molecule has 1 aliphatic rings. The van der Waals surface area contributed by atoms with Crippen LogP contribution in [0.15, 0.2) is 0 Å². The first kappa shape index (κ1) is 16.1. The average Bonchev–Trinajstić information content (AvgIpc) is 2.16. The van der Waals surface area contributed by atoms with Crippen LogP contribution in [0.3, 0.4) is 0 Å². The molecule has 5 nitrogen and oxygen atoms in total. The van der Waals surface area contributed by atoms with E-state index in [1.165, 1.54) is 0 Å². The van der Waals surface area contributed by atoms with E-state index in [4.69, 9.17) is 9.47 Å². The first-order valence-corrected chi connectivity index (χ1v) is 6.35. The molecule has 0 aromatic carbocycles. The average molecular weight is 280 g/mol. The second kappa shape index (κ2) is 7.00. The molecule has 1 N–H and O–H groups in total. The van der Waals surface area contributed by atoms with Crippen molar-refractivity contribution in [3.05, 3.63) is 0 Å². The Labute approximate surface area is 112 Å². The fourth-order valence-electron chi connectivity index (χ4n) is 1.59. The van der Waals surface area contributed by atoms with Crippen LogP contribution in [0.1, 0.15) is 20.8 Å². The fraction of sp³-hybridized carbons (Fsp3) is 0.917. The second-order valence-electron chi connectivity index (χ2n) is 5.50. The van der Waals surface area contributed by atoms with Crippen LogP contribution in [0, 0.1) is 0 Å². The number of alkyl halides is 2. The fourth-order valence-corrected chi connectivity index (χ4v) is 1.59. The second-order valence-corrected chi connectivity index (χ2v) is 5.50. The number of hydrogen-bond acceptors (Lipinski definition) is 4. The van der Waals surface area contributed by atoms with E-state index in [0.29, 0.717) is 19.6 Å². The van der Waals surface area contributed by atoms with Crippen molar-refractivity contribution in [3.63, 3.8) is 0 Å². The molecule has 1 fully saturated rings. The number of ether oxygens (including phenoxy) is 2. The van der Waals surface area contributed by atoms with Crippen molar-refractivity contribution >= 4 is 6.09 Å². The van der Waals surface area contributed by atoms with Crippen LogP contribution in [-0.2, 0) is 9.47 Å². The molecule has 112 valence electrons. The highest BCUT2D eigenvalue weighted by Gasteiger charge is 2.33. The number of hydrogen-bond donors (Lipinski definition) is 1. The van der Waals surface area contributed by atoms with Crippen LogP contribution < -0.4 is 5.32 Å². The summed E-state index contributed by atoms with van der Waals surface area (Å²) < 4.78 is 33.5. The van der Waals surface area contributed by atoms with E-state index < -0.39 is 18.6 Å². The van der Waals surface area contributed by atoms with E-state index in [-0.39, 0.29) is 18.7 Å². The van der Waals surface area contributed by atoms with Gasteiger partial charge < -0.3 is 19.7 Å². The Balaban J connectivity index is 2.02. The van der Waals surface area contributed by atoms with E-state index in [2.05, 4.69) is 5.32 Å². The molecule has 0 aromatic heterocycles. The van der Waals surface area contributed by atoms with Gasteiger partial charge in [-0.1, -0.05) is 0 Å². The molecular weight excluding hydrogens is 258 g/mol. The Morgan fingerprint density at radius 3 is 2.58 bits per heavy atom. The first-order chi connectivity index (χ1) is 8.78. The lowest BCUT2D eigenvalue weighted by Crippen LogP contribution is -2.60. The number of carbonyl (C=O) groups excluding carboxylic acids is 1. The van der Waals surface area contributed by atoms with Crippen molar-refractivity contribution in [1.29, 1.82) is 0 Å². The van der Waals surface area contributed by atoms with Gasteiger partial charge in [0.15, 0.2) is 0 Å². The molecule has 1 amide bonds. The molecule has 0 aliphatic carbocycles. The van der Waals surface area contributed by atoms with Crippen molar-refractivity contribution in [2.75, 3.05) is 32.8 Å². The summed E-state index contributed by atoms with van der Waals surface area (Å²) in [7, 11) is 0. The van der Waals surface area contributed by atoms with Gasteiger partial charge in [0.05, 0.1) is 6.61 Å². The number of nitrogens with zero attached hydrogens (tertiary/aromatic N) is 1. The van der Waals surface area contributed by atoms with Crippen molar-refractivity contribution in [2.24, 2.45) is 0 Å². The zero-order valence-corrected chi connectivity index (χ0v) is 11.6. The Morgan fingerprint density at radius 2 is 2.05 bits per heavy atom. The predicted octanol–water partition coefficient (Wildman–Crippen LogP) is 1.48. The Morgan fingerprint density at radius 1 is 1.42 bits per heavy atom. The normalized spacial score (nSPS) is 16.6. The van der Waals surface area contributed by atoms with Gasteiger partial charge in [-0.25, -0.2) is 13.6 Å². The van der Waals surface area contributed by atoms with E-state index in [0.717, 1.165) is 0 Å². The van der Waals surface area contributed by atoms with E-state index in [9.17, 15) is 13.6 Å². The molecule has 0 radical (unpaired) electrons. The maximum absolute atomic E-state index is 11.8. The molecule has 19 heavy (non-hydrogen) atoms. The Hall–Kier alpha value is -0.950. The summed E-state index contributed by atoms with van der Waals surface area (Å²) >= 11 is 0. The lowest BCUT2D eigenvalue weighted by molar-refractivity contribution is 0.000983. The monoisotopic (exact) mass is 280 g/mol. The van der Waals surface area contributed by atoms with Crippen molar-refractivity contribution in [2.45, 2.75) is 38.8 Å². The summed E-state index contributed by atoms with van der Waals surface area (Å²) in [4.78, 5) is 13.2. The summed E-state index contributed by atoms with van der Waals surface area (Å²) in [5.74, 6) is 0. The van der Waals surface area contributed by atoms with Crippen molar-refractivity contribution in [1.82, 2.24) is 10.2 Å². The summed E-state index contributed by atoms with van der Waals surface area (Å²) in [6, 6.07) is 0.183. The molecule has 0 unspecified atom stereocenters. The van der Waals surface area contributed by atoms with Gasteiger partial charge in [0.25, 0.3) is 6.43 Å². The number of carbonyl (C=O) groups is 1. The largest absolute Gasteiger partial charge is 0.444 e. The van der Waals surface area contributed by atoms with Crippen LogP contribution in [0.25, 0.3) is 0 Å². The molecule has 0 aromatic rings. The molecule has 1 heterocycles. The summed E-state index contributed by atoms with van der Waals surface area (Å²) in [6.07, 6.45) is -2.74. The van der Waals surface area contributed by atoms with Crippen LogP contribution in [0.5, 0.6) is 0 Å². The van der Waals surface area contributed by atoms with Gasteiger partial charge in [0, 0.05) is 25.7 Å². The molecular formula is C12H22F2N2O3. The third kappa shape index (κ3) is 6.68. The molecule has 1 aliphatic heterocycles. The van der Waals surface area contributed by atoms with Crippen LogP contribution in [0.4, 0.5) is 13.6 Å². The van der Waals surface area contributed by atoms with Gasteiger partial charge in [0.2, 0.25) is 0 Å². The number of halogens is 2. The van der Waals surface area contributed by atoms with Gasteiger partial charge in [-0.15, -0.1) is 0 Å². The lowest BCUT2D eigenvalue weighted by atomic mass is 10.1. The minimum Gasteiger partial charge on any atom is -0.444 e. The highest BCUT2D eigenvalue weighted by Crippen LogP contribution is 2.14. The van der Waals surface area contributed by atoms with Gasteiger partial charge in [0.1, 0.15) is 12.2 Å². The SMILES string of the molecule is CC(C)(C)OC(=O)N1CC(NCCOCC(F)F)C1. The van der Waals surface area contributed by atoms with Crippen molar-refractivity contribution in [3.8, 4) is 0 Å². The first-order valence-electron chi connectivity index (χ1n) is 6.35. The molecule has 0 atom stereocenters. The number of amides is 1. The Bertz CT molecular complexity index is 289.